The minimum Gasteiger partial charge on any atom is -0.326 e. The molecule has 0 fully saturated rings. The Kier molecular flexibility index (Phi) is 5.49. The van der Waals surface area contributed by atoms with Crippen LogP contribution >= 0.6 is 22.9 Å². The van der Waals surface area contributed by atoms with E-state index in [2.05, 4.69) is 22.5 Å². The summed E-state index contributed by atoms with van der Waals surface area (Å²) in [6, 6.07) is 4.51. The van der Waals surface area contributed by atoms with Gasteiger partial charge in [0.2, 0.25) is 0 Å². The zero-order chi connectivity index (χ0) is 15.2. The Bertz CT molecular complexity index is 632. The highest BCUT2D eigenvalue weighted by atomic mass is 35.5. The predicted molar refractivity (Wildman–Crippen MR) is 85.5 cm³/mol. The van der Waals surface area contributed by atoms with Gasteiger partial charge in [0.15, 0.2) is 5.13 Å². The van der Waals surface area contributed by atoms with Crippen molar-refractivity contribution in [3.63, 3.8) is 0 Å². The maximum absolute atomic E-state index is 11.0. The number of thiazole rings is 1. The van der Waals surface area contributed by atoms with Crippen LogP contribution in [0.1, 0.15) is 19.0 Å². The molecule has 21 heavy (non-hydrogen) atoms. The van der Waals surface area contributed by atoms with Gasteiger partial charge in [-0.25, -0.2) is 4.98 Å². The van der Waals surface area contributed by atoms with Crippen molar-refractivity contribution < 1.29 is 4.92 Å². The fourth-order valence-corrected chi connectivity index (χ4v) is 2.60. The number of hydrogen-bond acceptors (Lipinski definition) is 6. The van der Waals surface area contributed by atoms with Gasteiger partial charge in [-0.2, -0.15) is 0 Å². The minimum atomic E-state index is -0.467. The van der Waals surface area contributed by atoms with Gasteiger partial charge >= 0.3 is 0 Å². The van der Waals surface area contributed by atoms with Crippen molar-refractivity contribution in [3.05, 3.63) is 44.4 Å². The normalized spacial score (nSPS) is 10.6. The molecule has 0 amide bonds. The highest BCUT2D eigenvalue weighted by Crippen LogP contribution is 2.31. The first-order chi connectivity index (χ1) is 10.1. The Morgan fingerprint density at radius 1 is 1.48 bits per heavy atom. The fourth-order valence-electron chi connectivity index (χ4n) is 1.72. The summed E-state index contributed by atoms with van der Waals surface area (Å²) in [5, 5.41) is 20.1. The molecular formula is C13H15ClN4O2S. The second kappa shape index (κ2) is 7.35. The molecule has 1 heterocycles. The summed E-state index contributed by atoms with van der Waals surface area (Å²) in [5.41, 5.74) is 1.22. The molecule has 2 rings (SSSR count). The molecule has 0 atom stereocenters. The molecule has 0 aliphatic heterocycles. The number of nitrogens with one attached hydrogen (secondary N) is 2. The average Bonchev–Trinajstić information content (AvgIpc) is 2.88. The molecule has 2 N–H and O–H groups in total. The smallest absolute Gasteiger partial charge is 0.294 e. The highest BCUT2D eigenvalue weighted by molar-refractivity contribution is 7.13. The van der Waals surface area contributed by atoms with Gasteiger partial charge in [0.1, 0.15) is 5.69 Å². The first-order valence-corrected chi connectivity index (χ1v) is 7.72. The Morgan fingerprint density at radius 2 is 2.29 bits per heavy atom. The van der Waals surface area contributed by atoms with Crippen LogP contribution in [-0.2, 0) is 6.54 Å². The molecule has 0 unspecified atom stereocenters. The molecule has 8 heteroatoms. The molecule has 112 valence electrons. The zero-order valence-electron chi connectivity index (χ0n) is 11.4. The number of benzene rings is 1. The predicted octanol–water partition coefficient (Wildman–Crippen LogP) is 3.95. The van der Waals surface area contributed by atoms with Crippen molar-refractivity contribution in [1.29, 1.82) is 0 Å². The second-order valence-corrected chi connectivity index (χ2v) is 5.66. The molecule has 0 aliphatic carbocycles. The summed E-state index contributed by atoms with van der Waals surface area (Å²) in [7, 11) is 0. The van der Waals surface area contributed by atoms with Crippen LogP contribution in [0.4, 0.5) is 16.5 Å². The molecule has 0 saturated carbocycles. The van der Waals surface area contributed by atoms with E-state index in [1.165, 1.54) is 17.4 Å². The number of anilines is 2. The Labute approximate surface area is 131 Å². The van der Waals surface area contributed by atoms with Crippen LogP contribution in [0, 0.1) is 10.1 Å². The van der Waals surface area contributed by atoms with E-state index in [0.717, 1.165) is 18.7 Å². The molecule has 0 radical (unpaired) electrons. The fraction of sp³-hybridized carbons (Fsp3) is 0.308. The second-order valence-electron chi connectivity index (χ2n) is 4.36. The van der Waals surface area contributed by atoms with Crippen molar-refractivity contribution in [1.82, 2.24) is 10.3 Å². The molecule has 0 spiro atoms. The van der Waals surface area contributed by atoms with Gasteiger partial charge in [-0.3, -0.25) is 10.1 Å². The van der Waals surface area contributed by atoms with Crippen LogP contribution in [0.25, 0.3) is 0 Å². The topological polar surface area (TPSA) is 80.1 Å². The molecule has 1 aromatic heterocycles. The van der Waals surface area contributed by atoms with E-state index in [1.54, 1.807) is 12.1 Å². The van der Waals surface area contributed by atoms with Gasteiger partial charge in [0, 0.05) is 23.0 Å². The number of nitro benzene ring substituents is 1. The number of halogens is 1. The lowest BCUT2D eigenvalue weighted by molar-refractivity contribution is -0.383. The van der Waals surface area contributed by atoms with E-state index in [-0.39, 0.29) is 5.69 Å². The molecule has 6 nitrogen and oxygen atoms in total. The van der Waals surface area contributed by atoms with Crippen LogP contribution in [0.5, 0.6) is 0 Å². The van der Waals surface area contributed by atoms with Crippen LogP contribution < -0.4 is 10.6 Å². The third-order valence-corrected chi connectivity index (χ3v) is 3.72. The summed E-state index contributed by atoms with van der Waals surface area (Å²) in [5.74, 6) is 0. The SMILES string of the molecule is CCCNCc1csc(Nc2ccc(Cl)cc2[N+](=O)[O-])n1. The summed E-state index contributed by atoms with van der Waals surface area (Å²) in [6.07, 6.45) is 1.06. The minimum absolute atomic E-state index is 0.0663. The first kappa shape index (κ1) is 15.7. The Morgan fingerprint density at radius 3 is 3.00 bits per heavy atom. The maximum Gasteiger partial charge on any atom is 0.294 e. The monoisotopic (exact) mass is 326 g/mol. The zero-order valence-corrected chi connectivity index (χ0v) is 13.0. The summed E-state index contributed by atoms with van der Waals surface area (Å²) >= 11 is 7.19. The van der Waals surface area contributed by atoms with Crippen LogP contribution in [0.15, 0.2) is 23.6 Å². The molecule has 0 aliphatic rings. The average molecular weight is 327 g/mol. The van der Waals surface area contributed by atoms with Crippen molar-refractivity contribution in [2.24, 2.45) is 0 Å². The standard InChI is InChI=1S/C13H15ClN4O2S/c1-2-5-15-7-10-8-21-13(16-10)17-11-4-3-9(14)6-12(11)18(19)20/h3-4,6,8,15H,2,5,7H2,1H3,(H,16,17). The lowest BCUT2D eigenvalue weighted by Crippen LogP contribution is -2.13. The molecule has 0 bridgehead atoms. The Balaban J connectivity index is 2.10. The van der Waals surface area contributed by atoms with Gasteiger partial charge in [-0.1, -0.05) is 18.5 Å². The van der Waals surface area contributed by atoms with E-state index in [0.29, 0.717) is 22.4 Å². The third kappa shape index (κ3) is 4.38. The van der Waals surface area contributed by atoms with Gasteiger partial charge < -0.3 is 10.6 Å². The quantitative estimate of drug-likeness (QED) is 0.457. The highest BCUT2D eigenvalue weighted by Gasteiger charge is 2.15. The third-order valence-electron chi connectivity index (χ3n) is 2.68. The van der Waals surface area contributed by atoms with Gasteiger partial charge in [-0.15, -0.1) is 11.3 Å². The summed E-state index contributed by atoms with van der Waals surface area (Å²) < 4.78 is 0. The van der Waals surface area contributed by atoms with E-state index in [1.807, 2.05) is 5.38 Å². The first-order valence-electron chi connectivity index (χ1n) is 6.46. The van der Waals surface area contributed by atoms with E-state index >= 15 is 0 Å². The number of hydrogen-bond donors (Lipinski definition) is 2. The lowest BCUT2D eigenvalue weighted by atomic mass is 10.3. The number of aromatic nitrogens is 1. The summed E-state index contributed by atoms with van der Waals surface area (Å²) in [6.45, 7) is 3.72. The maximum atomic E-state index is 11.0. The lowest BCUT2D eigenvalue weighted by Gasteiger charge is -2.04. The van der Waals surface area contributed by atoms with E-state index in [9.17, 15) is 10.1 Å². The van der Waals surface area contributed by atoms with Gasteiger partial charge in [-0.05, 0) is 25.1 Å². The van der Waals surface area contributed by atoms with Crippen LogP contribution in [0.3, 0.4) is 0 Å². The number of nitrogens with zero attached hydrogens (tertiary/aromatic N) is 2. The number of nitro groups is 1. The van der Waals surface area contributed by atoms with E-state index in [4.69, 9.17) is 11.6 Å². The molecular weight excluding hydrogens is 312 g/mol. The number of rotatable bonds is 7. The van der Waals surface area contributed by atoms with E-state index < -0.39 is 4.92 Å². The largest absolute Gasteiger partial charge is 0.326 e. The molecule has 0 saturated heterocycles. The van der Waals surface area contributed by atoms with Gasteiger partial charge in [0.25, 0.3) is 5.69 Å². The summed E-state index contributed by atoms with van der Waals surface area (Å²) in [4.78, 5) is 14.9. The van der Waals surface area contributed by atoms with Crippen molar-refractivity contribution in [3.8, 4) is 0 Å². The van der Waals surface area contributed by atoms with Crippen molar-refractivity contribution >= 4 is 39.4 Å². The molecule has 1 aromatic carbocycles. The van der Waals surface area contributed by atoms with Crippen LogP contribution in [0.2, 0.25) is 5.02 Å². The van der Waals surface area contributed by atoms with Crippen molar-refractivity contribution in [2.45, 2.75) is 19.9 Å². The van der Waals surface area contributed by atoms with Crippen molar-refractivity contribution in [2.75, 3.05) is 11.9 Å². The van der Waals surface area contributed by atoms with Gasteiger partial charge in [0.05, 0.1) is 10.6 Å². The Hall–Kier alpha value is -1.70. The molecule has 2 aromatic rings. The van der Waals surface area contributed by atoms with Crippen LogP contribution in [-0.4, -0.2) is 16.5 Å².